The summed E-state index contributed by atoms with van der Waals surface area (Å²) in [6.45, 7) is 0.967. The number of nitrogens with zero attached hydrogens (tertiary/aromatic N) is 1. The first-order chi connectivity index (χ1) is 9.06. The second-order valence-electron chi connectivity index (χ2n) is 4.43. The number of hydrogen-bond acceptors (Lipinski definition) is 3. The zero-order valence-corrected chi connectivity index (χ0v) is 12.1. The fourth-order valence-electron chi connectivity index (χ4n) is 1.82. The molecule has 1 unspecified atom stereocenters. The van der Waals surface area contributed by atoms with Crippen LogP contribution in [0.4, 0.5) is 0 Å². The molecular formula is C13H15BrN2O3. The number of rotatable bonds is 3. The van der Waals surface area contributed by atoms with E-state index in [9.17, 15) is 9.59 Å². The molecule has 1 aliphatic heterocycles. The van der Waals surface area contributed by atoms with Crippen molar-refractivity contribution in [3.05, 3.63) is 34.3 Å². The molecule has 1 aliphatic rings. The Morgan fingerprint density at radius 2 is 2.37 bits per heavy atom. The third-order valence-corrected chi connectivity index (χ3v) is 3.42. The molecule has 0 aliphatic carbocycles. The summed E-state index contributed by atoms with van der Waals surface area (Å²) in [6, 6.07) is 7.17. The lowest BCUT2D eigenvalue weighted by Gasteiger charge is -2.29. The van der Waals surface area contributed by atoms with Crippen LogP contribution in [0.2, 0.25) is 0 Å². The number of carbonyl (C=O) groups excluding carboxylic acids is 2. The predicted molar refractivity (Wildman–Crippen MR) is 73.9 cm³/mol. The molecular weight excluding hydrogens is 312 g/mol. The first kappa shape index (κ1) is 14.0. The number of nitrogens with one attached hydrogen (secondary N) is 1. The average Bonchev–Trinajstić information content (AvgIpc) is 2.40. The third-order valence-electron chi connectivity index (χ3n) is 2.92. The SMILES string of the molecule is CN1CC(CNC(=O)c2cccc(Br)c2)OCC1=O. The van der Waals surface area contributed by atoms with E-state index in [2.05, 4.69) is 21.2 Å². The van der Waals surface area contributed by atoms with E-state index in [1.54, 1.807) is 24.1 Å². The minimum absolute atomic E-state index is 0.0328. The van der Waals surface area contributed by atoms with Crippen LogP contribution in [0.15, 0.2) is 28.7 Å². The molecule has 1 saturated heterocycles. The molecule has 0 spiro atoms. The molecule has 1 fully saturated rings. The van der Waals surface area contributed by atoms with E-state index < -0.39 is 0 Å². The van der Waals surface area contributed by atoms with Crippen molar-refractivity contribution in [2.45, 2.75) is 6.10 Å². The van der Waals surface area contributed by atoms with Crippen molar-refractivity contribution in [2.75, 3.05) is 26.7 Å². The lowest BCUT2D eigenvalue weighted by Crippen LogP contribution is -2.48. The van der Waals surface area contributed by atoms with Gasteiger partial charge in [0.15, 0.2) is 0 Å². The van der Waals surface area contributed by atoms with Crippen molar-refractivity contribution in [1.29, 1.82) is 0 Å². The Bertz CT molecular complexity index is 493. The van der Waals surface area contributed by atoms with Crippen LogP contribution in [0.25, 0.3) is 0 Å². The number of benzene rings is 1. The third kappa shape index (κ3) is 3.78. The normalized spacial score (nSPS) is 19.4. The van der Waals surface area contributed by atoms with Crippen LogP contribution >= 0.6 is 15.9 Å². The second-order valence-corrected chi connectivity index (χ2v) is 5.34. The standard InChI is InChI=1S/C13H15BrN2O3/c1-16-7-11(19-8-12(16)17)6-15-13(18)9-3-2-4-10(14)5-9/h2-5,11H,6-8H2,1H3,(H,15,18). The molecule has 19 heavy (non-hydrogen) atoms. The Morgan fingerprint density at radius 1 is 1.58 bits per heavy atom. The molecule has 1 aromatic rings. The molecule has 1 N–H and O–H groups in total. The van der Waals surface area contributed by atoms with E-state index >= 15 is 0 Å². The first-order valence-corrected chi connectivity index (χ1v) is 6.75. The number of halogens is 1. The number of amides is 2. The van der Waals surface area contributed by atoms with Gasteiger partial charge >= 0.3 is 0 Å². The maximum absolute atomic E-state index is 11.9. The quantitative estimate of drug-likeness (QED) is 0.902. The van der Waals surface area contributed by atoms with E-state index in [1.807, 2.05) is 12.1 Å². The van der Waals surface area contributed by atoms with Gasteiger partial charge in [-0.05, 0) is 18.2 Å². The summed E-state index contributed by atoms with van der Waals surface area (Å²) in [5, 5.41) is 2.81. The van der Waals surface area contributed by atoms with Gasteiger partial charge in [0.1, 0.15) is 6.61 Å². The molecule has 5 nitrogen and oxygen atoms in total. The van der Waals surface area contributed by atoms with E-state index in [0.717, 1.165) is 4.47 Å². The van der Waals surface area contributed by atoms with E-state index in [-0.39, 0.29) is 24.5 Å². The van der Waals surface area contributed by atoms with Crippen LogP contribution in [0.1, 0.15) is 10.4 Å². The summed E-state index contributed by atoms with van der Waals surface area (Å²) in [6.07, 6.45) is -0.154. The van der Waals surface area contributed by atoms with Crippen molar-refractivity contribution in [2.24, 2.45) is 0 Å². The lowest BCUT2D eigenvalue weighted by atomic mass is 10.2. The Balaban J connectivity index is 1.85. The minimum atomic E-state index is -0.154. The first-order valence-electron chi connectivity index (χ1n) is 5.95. The molecule has 1 atom stereocenters. The molecule has 2 rings (SSSR count). The van der Waals surface area contributed by atoms with Crippen molar-refractivity contribution >= 4 is 27.7 Å². The zero-order chi connectivity index (χ0) is 13.8. The number of hydrogen-bond donors (Lipinski definition) is 1. The molecule has 0 saturated carbocycles. The number of carbonyl (C=O) groups is 2. The van der Waals surface area contributed by atoms with E-state index in [1.165, 1.54) is 0 Å². The van der Waals surface area contributed by atoms with Crippen LogP contribution in [0.5, 0.6) is 0 Å². The fourth-order valence-corrected chi connectivity index (χ4v) is 2.22. The fraction of sp³-hybridized carbons (Fsp3) is 0.385. The van der Waals surface area contributed by atoms with Crippen LogP contribution in [-0.2, 0) is 9.53 Å². The predicted octanol–water partition coefficient (Wildman–Crippen LogP) is 1.04. The Morgan fingerprint density at radius 3 is 3.05 bits per heavy atom. The van der Waals surface area contributed by atoms with Gasteiger partial charge in [-0.25, -0.2) is 0 Å². The highest BCUT2D eigenvalue weighted by Crippen LogP contribution is 2.11. The monoisotopic (exact) mass is 326 g/mol. The van der Waals surface area contributed by atoms with Gasteiger partial charge in [0.25, 0.3) is 5.91 Å². The van der Waals surface area contributed by atoms with Gasteiger partial charge in [-0.1, -0.05) is 22.0 Å². The average molecular weight is 327 g/mol. The topological polar surface area (TPSA) is 58.6 Å². The summed E-state index contributed by atoms with van der Waals surface area (Å²) >= 11 is 3.32. The highest BCUT2D eigenvalue weighted by Gasteiger charge is 2.23. The van der Waals surface area contributed by atoms with Crippen LogP contribution < -0.4 is 5.32 Å². The summed E-state index contributed by atoms with van der Waals surface area (Å²) in [4.78, 5) is 24.8. The zero-order valence-electron chi connectivity index (χ0n) is 10.6. The summed E-state index contributed by atoms with van der Waals surface area (Å²) in [5.41, 5.74) is 0.592. The van der Waals surface area contributed by atoms with Gasteiger partial charge in [-0.3, -0.25) is 9.59 Å². The lowest BCUT2D eigenvalue weighted by molar-refractivity contribution is -0.146. The molecule has 0 aromatic heterocycles. The minimum Gasteiger partial charge on any atom is -0.365 e. The Kier molecular flexibility index (Phi) is 4.55. The van der Waals surface area contributed by atoms with Crippen molar-refractivity contribution in [3.8, 4) is 0 Å². The van der Waals surface area contributed by atoms with Crippen LogP contribution in [0, 0.1) is 0 Å². The van der Waals surface area contributed by atoms with Gasteiger partial charge in [0.05, 0.1) is 6.10 Å². The highest BCUT2D eigenvalue weighted by atomic mass is 79.9. The number of ether oxygens (including phenoxy) is 1. The van der Waals surface area contributed by atoms with Gasteiger partial charge in [0, 0.05) is 30.2 Å². The van der Waals surface area contributed by atoms with Gasteiger partial charge < -0.3 is 15.0 Å². The molecule has 0 radical (unpaired) electrons. The largest absolute Gasteiger partial charge is 0.365 e. The molecule has 6 heteroatoms. The van der Waals surface area contributed by atoms with Crippen molar-refractivity contribution < 1.29 is 14.3 Å². The number of likely N-dealkylation sites (N-methyl/N-ethyl adjacent to an activating group) is 1. The van der Waals surface area contributed by atoms with E-state index in [4.69, 9.17) is 4.74 Å². The second kappa shape index (κ2) is 6.16. The van der Waals surface area contributed by atoms with Crippen LogP contribution in [0.3, 0.4) is 0 Å². The van der Waals surface area contributed by atoms with Crippen molar-refractivity contribution in [3.63, 3.8) is 0 Å². The highest BCUT2D eigenvalue weighted by molar-refractivity contribution is 9.10. The molecule has 1 aromatic carbocycles. The molecule has 0 bridgehead atoms. The van der Waals surface area contributed by atoms with Crippen LogP contribution in [-0.4, -0.2) is 49.6 Å². The van der Waals surface area contributed by atoms with Gasteiger partial charge in [-0.15, -0.1) is 0 Å². The molecule has 2 amide bonds. The van der Waals surface area contributed by atoms with E-state index in [0.29, 0.717) is 18.7 Å². The summed E-state index contributed by atoms with van der Waals surface area (Å²) < 4.78 is 6.22. The molecule has 102 valence electrons. The Labute approximate surface area is 120 Å². The summed E-state index contributed by atoms with van der Waals surface area (Å²) in [5.74, 6) is -0.181. The van der Waals surface area contributed by atoms with Crippen molar-refractivity contribution in [1.82, 2.24) is 10.2 Å². The molecule has 1 heterocycles. The Hall–Kier alpha value is -1.40. The van der Waals surface area contributed by atoms with Gasteiger partial charge in [-0.2, -0.15) is 0 Å². The maximum Gasteiger partial charge on any atom is 0.251 e. The summed E-state index contributed by atoms with van der Waals surface area (Å²) in [7, 11) is 1.73. The number of morpholine rings is 1. The maximum atomic E-state index is 11.9. The van der Waals surface area contributed by atoms with Gasteiger partial charge in [0.2, 0.25) is 5.91 Å². The smallest absolute Gasteiger partial charge is 0.251 e.